The maximum atomic E-state index is 12.3. The van der Waals surface area contributed by atoms with Gasteiger partial charge in [-0.15, -0.1) is 0 Å². The number of nitrogens with zero attached hydrogens (tertiary/aromatic N) is 2. The predicted octanol–water partition coefficient (Wildman–Crippen LogP) is 2.24. The molecule has 0 amide bonds. The van der Waals surface area contributed by atoms with Crippen LogP contribution >= 0.6 is 0 Å². The third-order valence-corrected chi connectivity index (χ3v) is 3.47. The number of rotatable bonds is 7. The second-order valence-electron chi connectivity index (χ2n) is 5.23. The molecular formula is C15H28F2N4. The number of likely N-dealkylation sites (tertiary alicyclic amines) is 1. The van der Waals surface area contributed by atoms with Crippen LogP contribution in [0.15, 0.2) is 17.1 Å². The molecular weight excluding hydrogens is 274 g/mol. The van der Waals surface area contributed by atoms with Crippen molar-refractivity contribution in [3.8, 4) is 0 Å². The van der Waals surface area contributed by atoms with Crippen molar-refractivity contribution in [3.05, 3.63) is 12.2 Å². The number of piperidine rings is 1. The Morgan fingerprint density at radius 1 is 1.38 bits per heavy atom. The molecule has 4 nitrogen and oxygen atoms in total. The summed E-state index contributed by atoms with van der Waals surface area (Å²) in [5.41, 5.74) is 0. The SMILES string of the molecule is C/C=C/CCN=C(NCC)NC1CCN(CC(F)F)CC1. The summed E-state index contributed by atoms with van der Waals surface area (Å²) in [5, 5.41) is 6.64. The highest BCUT2D eigenvalue weighted by Crippen LogP contribution is 2.11. The van der Waals surface area contributed by atoms with Crippen molar-refractivity contribution in [3.63, 3.8) is 0 Å². The van der Waals surface area contributed by atoms with Crippen molar-refractivity contribution in [1.82, 2.24) is 15.5 Å². The summed E-state index contributed by atoms with van der Waals surface area (Å²) in [6.45, 7) is 6.95. The van der Waals surface area contributed by atoms with Crippen LogP contribution in [0.4, 0.5) is 8.78 Å². The summed E-state index contributed by atoms with van der Waals surface area (Å²) in [6.07, 6.45) is 4.57. The lowest BCUT2D eigenvalue weighted by molar-refractivity contribution is 0.0744. The van der Waals surface area contributed by atoms with E-state index in [1.807, 2.05) is 24.8 Å². The van der Waals surface area contributed by atoms with Gasteiger partial charge in [0.2, 0.25) is 0 Å². The Morgan fingerprint density at radius 2 is 2.10 bits per heavy atom. The number of hydrogen-bond donors (Lipinski definition) is 2. The zero-order chi connectivity index (χ0) is 15.5. The van der Waals surface area contributed by atoms with Crippen molar-refractivity contribution in [2.45, 2.75) is 45.6 Å². The fourth-order valence-corrected chi connectivity index (χ4v) is 2.39. The summed E-state index contributed by atoms with van der Waals surface area (Å²) >= 11 is 0. The van der Waals surface area contributed by atoms with Crippen LogP contribution in [0, 0.1) is 0 Å². The molecule has 0 radical (unpaired) electrons. The van der Waals surface area contributed by atoms with Gasteiger partial charge in [0.25, 0.3) is 6.43 Å². The highest BCUT2D eigenvalue weighted by Gasteiger charge is 2.21. The lowest BCUT2D eigenvalue weighted by Crippen LogP contribution is -2.49. The van der Waals surface area contributed by atoms with Crippen molar-refractivity contribution in [1.29, 1.82) is 0 Å². The van der Waals surface area contributed by atoms with Gasteiger partial charge in [-0.3, -0.25) is 9.89 Å². The second-order valence-corrected chi connectivity index (χ2v) is 5.23. The Hall–Kier alpha value is -1.17. The van der Waals surface area contributed by atoms with Crippen LogP contribution in [0.5, 0.6) is 0 Å². The van der Waals surface area contributed by atoms with Gasteiger partial charge >= 0.3 is 0 Å². The van der Waals surface area contributed by atoms with E-state index >= 15 is 0 Å². The minimum absolute atomic E-state index is 0.107. The van der Waals surface area contributed by atoms with E-state index in [4.69, 9.17) is 0 Å². The quantitative estimate of drug-likeness (QED) is 0.328. The van der Waals surface area contributed by atoms with Crippen LogP contribution in [0.3, 0.4) is 0 Å². The number of aliphatic imine (C=N–C) groups is 1. The fourth-order valence-electron chi connectivity index (χ4n) is 2.39. The Bertz CT molecular complexity index is 324. The molecule has 0 aromatic rings. The molecule has 0 aromatic carbocycles. The Morgan fingerprint density at radius 3 is 2.67 bits per heavy atom. The Balaban J connectivity index is 2.35. The highest BCUT2D eigenvalue weighted by atomic mass is 19.3. The molecule has 21 heavy (non-hydrogen) atoms. The molecule has 1 heterocycles. The summed E-state index contributed by atoms with van der Waals surface area (Å²) in [5.74, 6) is 0.828. The Kier molecular flexibility index (Phi) is 8.98. The third kappa shape index (κ3) is 7.99. The molecule has 0 unspecified atom stereocenters. The van der Waals surface area contributed by atoms with Crippen LogP contribution < -0.4 is 10.6 Å². The van der Waals surface area contributed by atoms with E-state index < -0.39 is 6.43 Å². The number of halogens is 2. The van der Waals surface area contributed by atoms with Gasteiger partial charge in [0.1, 0.15) is 0 Å². The minimum Gasteiger partial charge on any atom is -0.357 e. The molecule has 122 valence electrons. The largest absolute Gasteiger partial charge is 0.357 e. The summed E-state index contributed by atoms with van der Waals surface area (Å²) in [4.78, 5) is 6.35. The lowest BCUT2D eigenvalue weighted by atomic mass is 10.1. The molecule has 0 spiro atoms. The van der Waals surface area contributed by atoms with Crippen LogP contribution in [0.2, 0.25) is 0 Å². The summed E-state index contributed by atoms with van der Waals surface area (Å²) in [6, 6.07) is 0.318. The standard InChI is InChI=1S/C15H28F2N4/c1-3-5-6-9-19-15(18-4-2)20-13-7-10-21(11-8-13)12-14(16)17/h3,5,13-14H,4,6-12H2,1-2H3,(H2,18,19,20)/b5-3+. The number of hydrogen-bond acceptors (Lipinski definition) is 2. The molecule has 1 aliphatic heterocycles. The summed E-state index contributed by atoms with van der Waals surface area (Å²) < 4.78 is 24.7. The topological polar surface area (TPSA) is 39.7 Å². The Labute approximate surface area is 126 Å². The number of nitrogens with one attached hydrogen (secondary N) is 2. The van der Waals surface area contributed by atoms with Gasteiger partial charge in [-0.2, -0.15) is 0 Å². The average Bonchev–Trinajstić information content (AvgIpc) is 2.45. The first-order valence-corrected chi connectivity index (χ1v) is 7.82. The van der Waals surface area contributed by atoms with E-state index in [1.54, 1.807) is 0 Å². The molecule has 1 rings (SSSR count). The monoisotopic (exact) mass is 302 g/mol. The number of alkyl halides is 2. The highest BCUT2D eigenvalue weighted by molar-refractivity contribution is 5.80. The van der Waals surface area contributed by atoms with Crippen LogP contribution in [-0.2, 0) is 0 Å². The van der Waals surface area contributed by atoms with E-state index in [0.29, 0.717) is 6.04 Å². The molecule has 0 saturated carbocycles. The minimum atomic E-state index is -2.24. The molecule has 1 aliphatic rings. The van der Waals surface area contributed by atoms with Gasteiger partial charge in [-0.1, -0.05) is 12.2 Å². The van der Waals surface area contributed by atoms with Gasteiger partial charge in [-0.05, 0) is 33.1 Å². The van der Waals surface area contributed by atoms with E-state index in [1.165, 1.54) is 0 Å². The molecule has 0 aliphatic carbocycles. The van der Waals surface area contributed by atoms with E-state index in [2.05, 4.69) is 21.7 Å². The average molecular weight is 302 g/mol. The molecule has 0 bridgehead atoms. The van der Waals surface area contributed by atoms with Gasteiger partial charge in [-0.25, -0.2) is 8.78 Å². The van der Waals surface area contributed by atoms with Crippen molar-refractivity contribution >= 4 is 5.96 Å². The van der Waals surface area contributed by atoms with Crippen LogP contribution in [-0.4, -0.2) is 56.1 Å². The molecule has 1 fully saturated rings. The lowest BCUT2D eigenvalue weighted by Gasteiger charge is -2.32. The van der Waals surface area contributed by atoms with Crippen molar-refractivity contribution in [2.24, 2.45) is 4.99 Å². The van der Waals surface area contributed by atoms with Crippen LogP contribution in [0.1, 0.15) is 33.1 Å². The number of guanidine groups is 1. The summed E-state index contributed by atoms with van der Waals surface area (Å²) in [7, 11) is 0. The smallest absolute Gasteiger partial charge is 0.251 e. The first-order valence-electron chi connectivity index (χ1n) is 7.82. The van der Waals surface area contributed by atoms with Gasteiger partial charge in [0, 0.05) is 32.2 Å². The van der Waals surface area contributed by atoms with Gasteiger partial charge in [0.05, 0.1) is 6.54 Å². The fraction of sp³-hybridized carbons (Fsp3) is 0.800. The van der Waals surface area contributed by atoms with E-state index in [-0.39, 0.29) is 6.54 Å². The van der Waals surface area contributed by atoms with Gasteiger partial charge in [0.15, 0.2) is 5.96 Å². The third-order valence-electron chi connectivity index (χ3n) is 3.47. The maximum absolute atomic E-state index is 12.3. The first-order chi connectivity index (χ1) is 10.2. The molecule has 6 heteroatoms. The molecule has 2 N–H and O–H groups in total. The molecule has 0 aromatic heterocycles. The molecule has 1 saturated heterocycles. The predicted molar refractivity (Wildman–Crippen MR) is 84.0 cm³/mol. The second kappa shape index (κ2) is 10.5. The van der Waals surface area contributed by atoms with Crippen molar-refractivity contribution < 1.29 is 8.78 Å². The zero-order valence-corrected chi connectivity index (χ0v) is 13.1. The number of allylic oxidation sites excluding steroid dienone is 1. The van der Waals surface area contributed by atoms with Crippen molar-refractivity contribution in [2.75, 3.05) is 32.7 Å². The molecule has 0 atom stereocenters. The van der Waals surface area contributed by atoms with Gasteiger partial charge < -0.3 is 10.6 Å². The van der Waals surface area contributed by atoms with Crippen LogP contribution in [0.25, 0.3) is 0 Å². The maximum Gasteiger partial charge on any atom is 0.251 e. The van der Waals surface area contributed by atoms with E-state index in [0.717, 1.165) is 51.4 Å². The zero-order valence-electron chi connectivity index (χ0n) is 13.1. The van der Waals surface area contributed by atoms with E-state index in [9.17, 15) is 8.78 Å². The normalized spacial score (nSPS) is 18.6. The first kappa shape index (κ1) is 17.9.